The molecule has 1 N–H and O–H groups in total. The van der Waals surface area contributed by atoms with Crippen molar-refractivity contribution in [2.45, 2.75) is 13.1 Å². The average molecular weight is 216 g/mol. The van der Waals surface area contributed by atoms with E-state index in [2.05, 4.69) is 15.4 Å². The number of benzene rings is 1. The van der Waals surface area contributed by atoms with Crippen LogP contribution in [0.5, 0.6) is 0 Å². The van der Waals surface area contributed by atoms with Gasteiger partial charge in [-0.05, 0) is 5.56 Å². The molecule has 1 atom stereocenters. The van der Waals surface area contributed by atoms with Crippen LogP contribution < -0.4 is 5.32 Å². The highest BCUT2D eigenvalue weighted by Gasteiger charge is 2.14. The van der Waals surface area contributed by atoms with Crippen LogP contribution in [-0.4, -0.2) is 20.7 Å². The molecular weight excluding hydrogens is 204 g/mol. The van der Waals surface area contributed by atoms with Crippen molar-refractivity contribution in [3.05, 3.63) is 48.5 Å². The highest BCUT2D eigenvalue weighted by atomic mass is 16.1. The van der Waals surface area contributed by atoms with Crippen LogP contribution >= 0.6 is 0 Å². The van der Waals surface area contributed by atoms with E-state index in [4.69, 9.17) is 0 Å². The lowest BCUT2D eigenvalue weighted by Crippen LogP contribution is -2.31. The van der Waals surface area contributed by atoms with Gasteiger partial charge in [0, 0.05) is 6.92 Å². The highest BCUT2D eigenvalue weighted by Crippen LogP contribution is 2.13. The highest BCUT2D eigenvalue weighted by molar-refractivity contribution is 5.73. The minimum Gasteiger partial charge on any atom is -0.331 e. The maximum atomic E-state index is 11.2. The third kappa shape index (κ3) is 2.25. The maximum Gasteiger partial charge on any atom is 0.218 e. The Bertz CT molecular complexity index is 452. The summed E-state index contributed by atoms with van der Waals surface area (Å²) in [5, 5.41) is 6.86. The van der Waals surface area contributed by atoms with E-state index in [-0.39, 0.29) is 12.1 Å². The van der Waals surface area contributed by atoms with Gasteiger partial charge in [0.1, 0.15) is 18.8 Å². The number of nitrogens with one attached hydrogen (secondary N) is 1. The quantitative estimate of drug-likeness (QED) is 0.831. The molecule has 0 aliphatic heterocycles. The lowest BCUT2D eigenvalue weighted by molar-refractivity contribution is -0.120. The van der Waals surface area contributed by atoms with Crippen LogP contribution in [0, 0.1) is 0 Å². The van der Waals surface area contributed by atoms with Gasteiger partial charge in [-0.15, -0.1) is 0 Å². The van der Waals surface area contributed by atoms with Crippen molar-refractivity contribution in [1.29, 1.82) is 0 Å². The normalized spacial score (nSPS) is 12.1. The number of carbonyl (C=O) groups excluding carboxylic acids is 1. The van der Waals surface area contributed by atoms with Crippen LogP contribution in [0.1, 0.15) is 18.7 Å². The summed E-state index contributed by atoms with van der Waals surface area (Å²) >= 11 is 0. The van der Waals surface area contributed by atoms with Gasteiger partial charge in [0.15, 0.2) is 0 Å². The van der Waals surface area contributed by atoms with E-state index in [9.17, 15) is 4.79 Å². The molecule has 1 heterocycles. The number of aromatic nitrogens is 3. The van der Waals surface area contributed by atoms with E-state index >= 15 is 0 Å². The monoisotopic (exact) mass is 216 g/mol. The van der Waals surface area contributed by atoms with Gasteiger partial charge in [-0.1, -0.05) is 30.3 Å². The minimum absolute atomic E-state index is 0.107. The summed E-state index contributed by atoms with van der Waals surface area (Å²) < 4.78 is 1.61. The molecule has 0 saturated heterocycles. The summed E-state index contributed by atoms with van der Waals surface area (Å²) in [5.74, 6) is -0.107. The lowest BCUT2D eigenvalue weighted by Gasteiger charge is -2.17. The molecule has 1 aromatic carbocycles. The van der Waals surface area contributed by atoms with E-state index in [1.165, 1.54) is 13.3 Å². The van der Waals surface area contributed by atoms with E-state index in [0.29, 0.717) is 0 Å². The Balaban J connectivity index is 2.32. The fourth-order valence-electron chi connectivity index (χ4n) is 1.48. The van der Waals surface area contributed by atoms with E-state index in [0.717, 1.165) is 5.56 Å². The van der Waals surface area contributed by atoms with Gasteiger partial charge in [-0.3, -0.25) is 4.79 Å². The minimum atomic E-state index is -0.304. The van der Waals surface area contributed by atoms with Gasteiger partial charge in [0.05, 0.1) is 0 Å². The number of amides is 1. The first kappa shape index (κ1) is 10.4. The fraction of sp³-hybridized carbons (Fsp3) is 0.182. The van der Waals surface area contributed by atoms with Crippen molar-refractivity contribution < 1.29 is 4.79 Å². The molecule has 0 aliphatic carbocycles. The molecule has 0 bridgehead atoms. The standard InChI is InChI=1S/C11H12N4O/c1-9(16)14-11(15-8-12-7-13-15)10-5-3-2-4-6-10/h2-8,11H,1H3,(H,14,16). The topological polar surface area (TPSA) is 59.8 Å². The fourth-order valence-corrected chi connectivity index (χ4v) is 1.48. The molecule has 82 valence electrons. The molecule has 1 aromatic heterocycles. The lowest BCUT2D eigenvalue weighted by atomic mass is 10.2. The molecule has 1 amide bonds. The molecule has 0 fully saturated rings. The Kier molecular flexibility index (Phi) is 2.95. The van der Waals surface area contributed by atoms with E-state index in [1.54, 1.807) is 11.0 Å². The molecule has 16 heavy (non-hydrogen) atoms. The zero-order valence-electron chi connectivity index (χ0n) is 8.87. The van der Waals surface area contributed by atoms with Crippen LogP contribution in [0.15, 0.2) is 43.0 Å². The molecule has 0 saturated carbocycles. The summed E-state index contributed by atoms with van der Waals surface area (Å²) in [7, 11) is 0. The Morgan fingerprint density at radius 1 is 1.38 bits per heavy atom. The molecule has 2 rings (SSSR count). The molecule has 0 radical (unpaired) electrons. The maximum absolute atomic E-state index is 11.2. The van der Waals surface area contributed by atoms with Crippen LogP contribution in [0.3, 0.4) is 0 Å². The predicted molar refractivity (Wildman–Crippen MR) is 58.4 cm³/mol. The summed E-state index contributed by atoms with van der Waals surface area (Å²) in [5.41, 5.74) is 0.961. The second kappa shape index (κ2) is 4.57. The second-order valence-corrected chi connectivity index (χ2v) is 3.39. The average Bonchev–Trinajstić information content (AvgIpc) is 2.80. The third-order valence-electron chi connectivity index (χ3n) is 2.16. The zero-order valence-corrected chi connectivity index (χ0v) is 8.87. The van der Waals surface area contributed by atoms with Crippen LogP contribution in [0.4, 0.5) is 0 Å². The second-order valence-electron chi connectivity index (χ2n) is 3.39. The first-order valence-corrected chi connectivity index (χ1v) is 4.93. The van der Waals surface area contributed by atoms with Gasteiger partial charge in [0.2, 0.25) is 5.91 Å². The Morgan fingerprint density at radius 3 is 2.69 bits per heavy atom. The SMILES string of the molecule is CC(=O)NC(c1ccccc1)n1cncn1. The van der Waals surface area contributed by atoms with Gasteiger partial charge in [-0.2, -0.15) is 5.10 Å². The molecule has 1 unspecified atom stereocenters. The van der Waals surface area contributed by atoms with Crippen molar-refractivity contribution in [2.75, 3.05) is 0 Å². The Morgan fingerprint density at radius 2 is 2.12 bits per heavy atom. The van der Waals surface area contributed by atoms with Crippen molar-refractivity contribution in [1.82, 2.24) is 20.1 Å². The van der Waals surface area contributed by atoms with E-state index in [1.807, 2.05) is 30.3 Å². The summed E-state index contributed by atoms with van der Waals surface area (Å²) in [4.78, 5) is 15.0. The molecule has 2 aromatic rings. The van der Waals surface area contributed by atoms with Crippen LogP contribution in [0.25, 0.3) is 0 Å². The van der Waals surface area contributed by atoms with Gasteiger partial charge < -0.3 is 5.32 Å². The van der Waals surface area contributed by atoms with Crippen molar-refractivity contribution in [3.8, 4) is 0 Å². The number of rotatable bonds is 3. The van der Waals surface area contributed by atoms with Gasteiger partial charge >= 0.3 is 0 Å². The molecule has 0 spiro atoms. The number of carbonyl (C=O) groups is 1. The van der Waals surface area contributed by atoms with Gasteiger partial charge in [-0.25, -0.2) is 9.67 Å². The first-order valence-electron chi connectivity index (χ1n) is 4.93. The van der Waals surface area contributed by atoms with Crippen LogP contribution in [-0.2, 0) is 4.79 Å². The number of nitrogens with zero attached hydrogens (tertiary/aromatic N) is 3. The third-order valence-corrected chi connectivity index (χ3v) is 2.16. The first-order chi connectivity index (χ1) is 7.77. The largest absolute Gasteiger partial charge is 0.331 e. The van der Waals surface area contributed by atoms with Gasteiger partial charge in [0.25, 0.3) is 0 Å². The Labute approximate surface area is 93.1 Å². The smallest absolute Gasteiger partial charge is 0.218 e. The summed E-state index contributed by atoms with van der Waals surface area (Å²) in [6, 6.07) is 9.63. The van der Waals surface area contributed by atoms with Crippen molar-refractivity contribution in [3.63, 3.8) is 0 Å². The summed E-state index contributed by atoms with van der Waals surface area (Å²) in [6.07, 6.45) is 2.71. The molecular formula is C11H12N4O. The van der Waals surface area contributed by atoms with Crippen LogP contribution in [0.2, 0.25) is 0 Å². The molecule has 0 aliphatic rings. The van der Waals surface area contributed by atoms with Crippen molar-refractivity contribution in [2.24, 2.45) is 0 Å². The van der Waals surface area contributed by atoms with Crippen molar-refractivity contribution >= 4 is 5.91 Å². The zero-order chi connectivity index (χ0) is 11.4. The number of hydrogen-bond donors (Lipinski definition) is 1. The molecule has 5 nitrogen and oxygen atoms in total. The molecule has 5 heteroatoms. The Hall–Kier alpha value is -2.17. The number of hydrogen-bond acceptors (Lipinski definition) is 3. The summed E-state index contributed by atoms with van der Waals surface area (Å²) in [6.45, 7) is 1.48. The predicted octanol–water partition coefficient (Wildman–Crippen LogP) is 0.961. The van der Waals surface area contributed by atoms with E-state index < -0.39 is 0 Å².